The molecule has 2 aromatic rings. The van der Waals surface area contributed by atoms with E-state index in [0.717, 1.165) is 38.7 Å². The first-order valence-electron chi connectivity index (χ1n) is 7.62. The number of hydrogen-bond donors (Lipinski definition) is 2. The summed E-state index contributed by atoms with van der Waals surface area (Å²) in [7, 11) is 4.82. The van der Waals surface area contributed by atoms with E-state index in [1.54, 1.807) is 27.4 Å². The van der Waals surface area contributed by atoms with Crippen molar-refractivity contribution in [3.8, 4) is 34.1 Å². The summed E-state index contributed by atoms with van der Waals surface area (Å²) in [5.74, 6) is 2.07. The number of ether oxygens (including phenoxy) is 3. The van der Waals surface area contributed by atoms with E-state index in [4.69, 9.17) is 19.9 Å². The largest absolute Gasteiger partial charge is 0.507 e. The third-order valence-corrected chi connectivity index (χ3v) is 5.29. The number of methoxy groups -OCH3 is 3. The van der Waals surface area contributed by atoms with Crippen molar-refractivity contribution in [2.24, 2.45) is 5.73 Å². The van der Waals surface area contributed by atoms with E-state index in [1.165, 1.54) is 0 Å². The van der Waals surface area contributed by atoms with Crippen LogP contribution in [0.3, 0.4) is 0 Å². The predicted octanol–water partition coefficient (Wildman–Crippen LogP) is 3.64. The van der Waals surface area contributed by atoms with Gasteiger partial charge in [0.1, 0.15) is 5.75 Å². The summed E-state index contributed by atoms with van der Waals surface area (Å²) in [5, 5.41) is 10.1. The molecule has 0 fully saturated rings. The van der Waals surface area contributed by atoms with Gasteiger partial charge in [-0.1, -0.05) is 0 Å². The summed E-state index contributed by atoms with van der Waals surface area (Å²) in [5.41, 5.74) is 10.3. The second-order valence-electron chi connectivity index (χ2n) is 5.72. The molecular weight excluding hydrogens is 421 g/mol. The van der Waals surface area contributed by atoms with Crippen LogP contribution in [-0.2, 0) is 6.42 Å². The topological polar surface area (TPSA) is 73.9 Å². The third-order valence-electron chi connectivity index (χ3n) is 4.42. The highest BCUT2D eigenvalue weighted by molar-refractivity contribution is 14.1. The zero-order valence-electron chi connectivity index (χ0n) is 13.9. The zero-order chi connectivity index (χ0) is 17.4. The van der Waals surface area contributed by atoms with E-state index in [1.807, 2.05) is 12.1 Å². The molecule has 0 saturated carbocycles. The van der Waals surface area contributed by atoms with Gasteiger partial charge in [0.05, 0.1) is 24.9 Å². The average Bonchev–Trinajstić information content (AvgIpc) is 2.71. The van der Waals surface area contributed by atoms with Crippen molar-refractivity contribution >= 4 is 22.6 Å². The van der Waals surface area contributed by atoms with E-state index >= 15 is 0 Å². The normalized spacial score (nSPS) is 16.0. The van der Waals surface area contributed by atoms with Gasteiger partial charge in [0, 0.05) is 11.6 Å². The van der Waals surface area contributed by atoms with Crippen LogP contribution < -0.4 is 19.9 Å². The number of phenols is 1. The van der Waals surface area contributed by atoms with Crippen LogP contribution in [0.5, 0.6) is 23.0 Å². The summed E-state index contributed by atoms with van der Waals surface area (Å²) in [6.07, 6.45) is 1.57. The van der Waals surface area contributed by atoms with Gasteiger partial charge in [0.25, 0.3) is 0 Å². The van der Waals surface area contributed by atoms with Gasteiger partial charge in [-0.3, -0.25) is 0 Å². The molecule has 1 aliphatic carbocycles. The lowest BCUT2D eigenvalue weighted by molar-refractivity contribution is 0.324. The number of rotatable bonds is 3. The summed E-state index contributed by atoms with van der Waals surface area (Å²) in [4.78, 5) is 0. The van der Waals surface area contributed by atoms with E-state index in [9.17, 15) is 5.11 Å². The Morgan fingerprint density at radius 2 is 1.79 bits per heavy atom. The quantitative estimate of drug-likeness (QED) is 0.712. The molecule has 24 heavy (non-hydrogen) atoms. The van der Waals surface area contributed by atoms with Crippen LogP contribution in [0, 0.1) is 3.57 Å². The van der Waals surface area contributed by atoms with E-state index in [2.05, 4.69) is 22.6 Å². The lowest BCUT2D eigenvalue weighted by Crippen LogP contribution is -2.10. The van der Waals surface area contributed by atoms with Gasteiger partial charge in [-0.2, -0.15) is 0 Å². The highest BCUT2D eigenvalue weighted by Crippen LogP contribution is 2.51. The summed E-state index contributed by atoms with van der Waals surface area (Å²) in [6.45, 7) is 0. The Balaban J connectivity index is 2.40. The van der Waals surface area contributed by atoms with Crippen molar-refractivity contribution in [3.63, 3.8) is 0 Å². The molecule has 0 radical (unpaired) electrons. The van der Waals surface area contributed by atoms with Gasteiger partial charge in [-0.25, -0.2) is 0 Å². The molecule has 0 amide bonds. The second kappa shape index (κ2) is 6.68. The molecule has 0 heterocycles. The van der Waals surface area contributed by atoms with Gasteiger partial charge < -0.3 is 25.1 Å². The van der Waals surface area contributed by atoms with Crippen molar-refractivity contribution < 1.29 is 19.3 Å². The van der Waals surface area contributed by atoms with Gasteiger partial charge in [0.15, 0.2) is 11.5 Å². The molecule has 0 spiro atoms. The van der Waals surface area contributed by atoms with Crippen LogP contribution in [0.2, 0.25) is 0 Å². The monoisotopic (exact) mass is 441 g/mol. The number of fused-ring (bicyclic) bond motifs is 3. The van der Waals surface area contributed by atoms with Crippen molar-refractivity contribution in [2.75, 3.05) is 21.3 Å². The van der Waals surface area contributed by atoms with Gasteiger partial charge >= 0.3 is 0 Å². The standard InChI is InChI=1S/C18H20INO4/c1-22-15-6-9-4-5-13(20)10-8-14(21)12(19)7-11(10)16(9)18(24-3)17(15)23-2/h6-8,13,21H,4-5,20H2,1-3H3/t13-/m0/s1. The lowest BCUT2D eigenvalue weighted by Gasteiger charge is -2.20. The van der Waals surface area contributed by atoms with Crippen molar-refractivity contribution in [1.29, 1.82) is 0 Å². The molecule has 0 unspecified atom stereocenters. The minimum absolute atomic E-state index is 0.156. The Bertz CT molecular complexity index is 791. The molecule has 3 N–H and O–H groups in total. The van der Waals surface area contributed by atoms with E-state index in [-0.39, 0.29) is 11.8 Å². The number of aromatic hydroxyl groups is 1. The average molecular weight is 441 g/mol. The smallest absolute Gasteiger partial charge is 0.203 e. The van der Waals surface area contributed by atoms with Crippen LogP contribution in [-0.4, -0.2) is 26.4 Å². The molecule has 6 heteroatoms. The number of aryl methyl sites for hydroxylation is 1. The van der Waals surface area contributed by atoms with Crippen molar-refractivity contribution in [1.82, 2.24) is 0 Å². The number of hydrogen-bond acceptors (Lipinski definition) is 5. The molecule has 0 aliphatic heterocycles. The van der Waals surface area contributed by atoms with Gasteiger partial charge in [-0.15, -0.1) is 0 Å². The Hall–Kier alpha value is -1.67. The molecular formula is C18H20INO4. The number of benzene rings is 2. The van der Waals surface area contributed by atoms with Crippen LogP contribution in [0.15, 0.2) is 18.2 Å². The summed E-state index contributed by atoms with van der Waals surface area (Å²) >= 11 is 2.12. The van der Waals surface area contributed by atoms with Crippen molar-refractivity contribution in [3.05, 3.63) is 32.9 Å². The lowest BCUT2D eigenvalue weighted by atomic mass is 9.94. The highest BCUT2D eigenvalue weighted by Gasteiger charge is 2.28. The molecule has 1 aliphatic rings. The molecule has 0 bridgehead atoms. The number of halogens is 1. The minimum atomic E-state index is -0.156. The molecule has 2 aromatic carbocycles. The molecule has 0 saturated heterocycles. The second-order valence-corrected chi connectivity index (χ2v) is 6.88. The minimum Gasteiger partial charge on any atom is -0.507 e. The van der Waals surface area contributed by atoms with E-state index < -0.39 is 0 Å². The number of nitrogens with two attached hydrogens (primary N) is 1. The van der Waals surface area contributed by atoms with Crippen LogP contribution in [0.1, 0.15) is 23.6 Å². The van der Waals surface area contributed by atoms with E-state index in [0.29, 0.717) is 17.2 Å². The fourth-order valence-electron chi connectivity index (χ4n) is 3.27. The fraction of sp³-hybridized carbons (Fsp3) is 0.333. The molecule has 1 atom stereocenters. The SMILES string of the molecule is COc1cc2c(c(OC)c1OC)-c1cc(I)c(O)cc1[C@@H](N)CC2. The summed E-state index contributed by atoms with van der Waals surface area (Å²) < 4.78 is 17.4. The molecule has 5 nitrogen and oxygen atoms in total. The number of phenolic OH excluding ortho intramolecular Hbond substituents is 1. The third kappa shape index (κ3) is 2.67. The maximum absolute atomic E-state index is 10.1. The molecule has 0 aromatic heterocycles. The predicted molar refractivity (Wildman–Crippen MR) is 101 cm³/mol. The first-order chi connectivity index (χ1) is 11.5. The van der Waals surface area contributed by atoms with Crippen LogP contribution in [0.25, 0.3) is 11.1 Å². The highest BCUT2D eigenvalue weighted by atomic mass is 127. The first-order valence-corrected chi connectivity index (χ1v) is 8.69. The maximum atomic E-state index is 10.1. The molecule has 128 valence electrons. The first kappa shape index (κ1) is 17.2. The Kier molecular flexibility index (Phi) is 4.78. The summed E-state index contributed by atoms with van der Waals surface area (Å²) in [6, 6.07) is 5.53. The Labute approximate surface area is 154 Å². The Morgan fingerprint density at radius 1 is 1.08 bits per heavy atom. The Morgan fingerprint density at radius 3 is 2.42 bits per heavy atom. The maximum Gasteiger partial charge on any atom is 0.203 e. The van der Waals surface area contributed by atoms with Gasteiger partial charge in [0.2, 0.25) is 5.75 Å². The van der Waals surface area contributed by atoms with Crippen LogP contribution in [0.4, 0.5) is 0 Å². The zero-order valence-corrected chi connectivity index (χ0v) is 16.0. The van der Waals surface area contributed by atoms with Gasteiger partial charge in [-0.05, 0) is 70.3 Å². The fourth-order valence-corrected chi connectivity index (χ4v) is 3.73. The van der Waals surface area contributed by atoms with Crippen molar-refractivity contribution in [2.45, 2.75) is 18.9 Å². The van der Waals surface area contributed by atoms with Crippen LogP contribution >= 0.6 is 22.6 Å². The molecule has 3 rings (SSSR count).